The maximum Gasteiger partial charge on any atom is 0.306 e. The fraction of sp³-hybridized carbons (Fsp3) is 0.884. The van der Waals surface area contributed by atoms with E-state index < -0.39 is 20.0 Å². The molecule has 0 fully saturated rings. The topological polar surface area (TPSA) is 114 Å². The lowest BCUT2D eigenvalue weighted by Gasteiger charge is -2.30. The van der Waals surface area contributed by atoms with Crippen LogP contribution in [0.15, 0.2) is 36.5 Å². The van der Waals surface area contributed by atoms with E-state index in [4.69, 9.17) is 13.8 Å². The van der Waals surface area contributed by atoms with Gasteiger partial charge in [-0.3, -0.25) is 14.2 Å². The van der Waals surface area contributed by atoms with Crippen LogP contribution >= 0.6 is 7.82 Å². The summed E-state index contributed by atoms with van der Waals surface area (Å²) in [6.07, 6.45) is 72.8. The van der Waals surface area contributed by atoms with E-state index in [-0.39, 0.29) is 31.5 Å². The third-order valence-corrected chi connectivity index (χ3v) is 16.5. The summed E-state index contributed by atoms with van der Waals surface area (Å²) in [7, 11) is 1.19. The van der Waals surface area contributed by atoms with Crippen molar-refractivity contribution in [2.24, 2.45) is 0 Å². The Hall–Kier alpha value is -1.77. The number of ether oxygens (including phenoxy) is 1. The van der Waals surface area contributed by atoms with Gasteiger partial charge in [0.25, 0.3) is 7.82 Å². The fourth-order valence-electron chi connectivity index (χ4n) is 10.2. The molecule has 0 radical (unpaired) electrons. The number of carbonyl (C=O) groups is 2. The summed E-state index contributed by atoms with van der Waals surface area (Å²) in [5.74, 6) is -0.544. The number of carbonyl (C=O) groups excluding carboxylic acids is 2. The number of quaternary nitrogens is 1. The van der Waals surface area contributed by atoms with E-state index in [2.05, 4.69) is 50.4 Å². The average molecular weight is 1130 g/mol. The molecule has 79 heavy (non-hydrogen) atoms. The van der Waals surface area contributed by atoms with E-state index in [1.165, 1.54) is 238 Å². The van der Waals surface area contributed by atoms with E-state index in [9.17, 15) is 19.0 Å². The van der Waals surface area contributed by atoms with Crippen LogP contribution in [0.25, 0.3) is 0 Å². The number of hydrogen-bond acceptors (Lipinski definition) is 7. The zero-order chi connectivity index (χ0) is 57.9. The van der Waals surface area contributed by atoms with E-state index in [0.29, 0.717) is 17.4 Å². The number of phosphoric ester groups is 1. The maximum atomic E-state index is 13.5. The molecule has 0 aliphatic heterocycles. The molecule has 1 amide bonds. The van der Waals surface area contributed by atoms with Crippen molar-refractivity contribution < 1.29 is 37.3 Å². The van der Waals surface area contributed by atoms with Gasteiger partial charge in [-0.1, -0.05) is 282 Å². The molecule has 0 heterocycles. The molecule has 0 saturated heterocycles. The number of allylic oxidation sites excluding steroid dienone is 5. The molecule has 466 valence electrons. The zero-order valence-electron chi connectivity index (χ0n) is 53.3. The molecule has 0 rings (SSSR count). The lowest BCUT2D eigenvalue weighted by atomic mass is 10.0. The van der Waals surface area contributed by atoms with Crippen LogP contribution in [0.2, 0.25) is 0 Å². The zero-order valence-corrected chi connectivity index (χ0v) is 54.2. The third kappa shape index (κ3) is 60.6. The molecule has 3 unspecified atom stereocenters. The lowest BCUT2D eigenvalue weighted by molar-refractivity contribution is -0.870. The van der Waals surface area contributed by atoms with Gasteiger partial charge in [0, 0.05) is 12.8 Å². The summed E-state index contributed by atoms with van der Waals surface area (Å²) in [6.45, 7) is 6.86. The molecule has 0 aliphatic carbocycles. The molecular weight excluding hydrogens is 1000 g/mol. The van der Waals surface area contributed by atoms with Crippen LogP contribution in [0.3, 0.4) is 0 Å². The second-order valence-electron chi connectivity index (χ2n) is 24.7. The average Bonchev–Trinajstić information content (AvgIpc) is 3.41. The standard InChI is InChI=1S/C69H133N2O7P/c1-7-10-13-16-19-22-25-28-29-30-31-32-33-34-35-36-37-38-39-40-41-44-47-50-53-56-59-62-69(73)78-67(60-57-54-51-48-45-42-26-23-20-17-14-11-8-2)66(65-77-79(74,75)76-64-63-71(4,5)6)70-68(72)61-58-55-52-49-46-43-27-24-21-18-15-12-9-3/h28-29,43,46,57,60,66-67H,7-27,30-42,44-45,47-56,58-59,61-65H2,1-6H3,(H-,70,72,74,75)/b29-28+,46-43-,60-57-. The minimum absolute atomic E-state index is 0.0225. The molecule has 9 nitrogen and oxygen atoms in total. The van der Waals surface area contributed by atoms with Crippen molar-refractivity contribution in [1.82, 2.24) is 5.32 Å². The van der Waals surface area contributed by atoms with Gasteiger partial charge in [0.05, 0.1) is 33.8 Å². The van der Waals surface area contributed by atoms with Crippen LogP contribution in [-0.2, 0) is 27.9 Å². The van der Waals surface area contributed by atoms with Gasteiger partial charge < -0.3 is 28.5 Å². The highest BCUT2D eigenvalue weighted by Crippen LogP contribution is 2.38. The van der Waals surface area contributed by atoms with Crippen LogP contribution in [0.4, 0.5) is 0 Å². The number of likely N-dealkylation sites (N-methyl/N-ethyl adjacent to an activating group) is 1. The lowest BCUT2D eigenvalue weighted by Crippen LogP contribution is -2.47. The van der Waals surface area contributed by atoms with Gasteiger partial charge >= 0.3 is 5.97 Å². The molecule has 0 aromatic carbocycles. The third-order valence-electron chi connectivity index (χ3n) is 15.5. The first-order valence-corrected chi connectivity index (χ1v) is 35.8. The molecular formula is C69H133N2O7P. The van der Waals surface area contributed by atoms with Crippen molar-refractivity contribution >= 4 is 19.7 Å². The Bertz CT molecular complexity index is 1450. The molecule has 0 aliphatic rings. The van der Waals surface area contributed by atoms with Crippen molar-refractivity contribution in [2.75, 3.05) is 40.9 Å². The van der Waals surface area contributed by atoms with Crippen LogP contribution in [0.1, 0.15) is 342 Å². The molecule has 0 aromatic heterocycles. The highest BCUT2D eigenvalue weighted by molar-refractivity contribution is 7.45. The summed E-state index contributed by atoms with van der Waals surface area (Å²) in [4.78, 5) is 40.0. The predicted molar refractivity (Wildman–Crippen MR) is 340 cm³/mol. The Labute approximate surface area is 491 Å². The summed E-state index contributed by atoms with van der Waals surface area (Å²) in [5.41, 5.74) is 0. The van der Waals surface area contributed by atoms with E-state index >= 15 is 0 Å². The Morgan fingerprint density at radius 1 is 0.430 bits per heavy atom. The first-order valence-electron chi connectivity index (χ1n) is 34.3. The predicted octanol–water partition coefficient (Wildman–Crippen LogP) is 20.8. The van der Waals surface area contributed by atoms with Gasteiger partial charge in [0.2, 0.25) is 5.91 Å². The van der Waals surface area contributed by atoms with Crippen molar-refractivity contribution in [2.45, 2.75) is 354 Å². The van der Waals surface area contributed by atoms with Crippen LogP contribution < -0.4 is 10.2 Å². The second-order valence-corrected chi connectivity index (χ2v) is 26.1. The van der Waals surface area contributed by atoms with Gasteiger partial charge in [-0.25, -0.2) is 0 Å². The summed E-state index contributed by atoms with van der Waals surface area (Å²) in [6, 6.07) is -0.892. The van der Waals surface area contributed by atoms with Crippen molar-refractivity contribution in [3.63, 3.8) is 0 Å². The quantitative estimate of drug-likeness (QED) is 0.0212. The van der Waals surface area contributed by atoms with Crippen molar-refractivity contribution in [1.29, 1.82) is 0 Å². The molecule has 1 N–H and O–H groups in total. The first-order chi connectivity index (χ1) is 38.4. The Balaban J connectivity index is 5.00. The van der Waals surface area contributed by atoms with Crippen molar-refractivity contribution in [3.05, 3.63) is 36.5 Å². The Morgan fingerprint density at radius 2 is 0.734 bits per heavy atom. The van der Waals surface area contributed by atoms with Gasteiger partial charge in [0.1, 0.15) is 19.3 Å². The van der Waals surface area contributed by atoms with Gasteiger partial charge in [-0.2, -0.15) is 0 Å². The normalized spacial score (nSPS) is 13.8. The van der Waals surface area contributed by atoms with Crippen molar-refractivity contribution in [3.8, 4) is 0 Å². The Morgan fingerprint density at radius 3 is 1.09 bits per heavy atom. The van der Waals surface area contributed by atoms with Gasteiger partial charge in [0.15, 0.2) is 0 Å². The summed E-state index contributed by atoms with van der Waals surface area (Å²) in [5, 5.41) is 3.03. The summed E-state index contributed by atoms with van der Waals surface area (Å²) >= 11 is 0. The number of unbranched alkanes of at least 4 members (excludes halogenated alkanes) is 43. The highest BCUT2D eigenvalue weighted by atomic mass is 31.2. The molecule has 0 spiro atoms. The minimum atomic E-state index is -4.70. The number of phosphoric acid groups is 1. The number of esters is 1. The molecule has 10 heteroatoms. The van der Waals surface area contributed by atoms with Gasteiger partial charge in [-0.05, 0) is 83.1 Å². The number of amides is 1. The van der Waals surface area contributed by atoms with Gasteiger partial charge in [-0.15, -0.1) is 0 Å². The van der Waals surface area contributed by atoms with E-state index in [0.717, 1.165) is 70.6 Å². The maximum absolute atomic E-state index is 13.5. The highest BCUT2D eigenvalue weighted by Gasteiger charge is 2.27. The second kappa shape index (κ2) is 59.4. The van der Waals surface area contributed by atoms with Crippen LogP contribution in [0, 0.1) is 0 Å². The van der Waals surface area contributed by atoms with E-state index in [1.54, 1.807) is 0 Å². The van der Waals surface area contributed by atoms with E-state index in [1.807, 2.05) is 33.3 Å². The largest absolute Gasteiger partial charge is 0.756 e. The fourth-order valence-corrected chi connectivity index (χ4v) is 10.9. The molecule has 0 aromatic rings. The summed E-state index contributed by atoms with van der Waals surface area (Å²) < 4.78 is 30.4. The number of hydrogen-bond donors (Lipinski definition) is 1. The number of rotatable bonds is 63. The first kappa shape index (κ1) is 77.2. The minimum Gasteiger partial charge on any atom is -0.756 e. The number of nitrogens with zero attached hydrogens (tertiary/aromatic N) is 1. The SMILES string of the molecule is CCCCCCCC/C=C\CCCCCC(=O)NC(COP(=O)([O-])OCC[N+](C)(C)C)C(/C=C\CCCCCCCCCCCCC)OC(=O)CCCCCCCCCCCCCCCCCCC/C=C/CCCCCCCC. The smallest absolute Gasteiger partial charge is 0.306 e. The molecule has 3 atom stereocenters. The monoisotopic (exact) mass is 1130 g/mol. The Kier molecular flexibility index (Phi) is 58.1. The van der Waals surface area contributed by atoms with Crippen LogP contribution in [0.5, 0.6) is 0 Å². The molecule has 0 saturated carbocycles. The molecule has 0 bridgehead atoms. The van der Waals surface area contributed by atoms with Crippen LogP contribution in [-0.4, -0.2) is 69.4 Å². The number of nitrogens with one attached hydrogen (secondary N) is 1.